The first-order valence-electron chi connectivity index (χ1n) is 5.17. The van der Waals surface area contributed by atoms with Crippen molar-refractivity contribution in [3.63, 3.8) is 0 Å². The van der Waals surface area contributed by atoms with Gasteiger partial charge in [-0.25, -0.2) is 0 Å². The molecule has 0 amide bonds. The van der Waals surface area contributed by atoms with Gasteiger partial charge in [0.1, 0.15) is 0 Å². The Morgan fingerprint density at radius 3 is 2.79 bits per heavy atom. The minimum absolute atomic E-state index is 0.134. The van der Waals surface area contributed by atoms with E-state index in [1.54, 1.807) is 0 Å². The van der Waals surface area contributed by atoms with Crippen LogP contribution < -0.4 is 5.32 Å². The van der Waals surface area contributed by atoms with Crippen molar-refractivity contribution in [3.05, 3.63) is 34.9 Å². The highest BCUT2D eigenvalue weighted by atomic mass is 16.3. The summed E-state index contributed by atoms with van der Waals surface area (Å²) in [6.45, 7) is 5.10. The zero-order valence-electron chi connectivity index (χ0n) is 8.75. The molecular weight excluding hydrogens is 174 g/mol. The molecule has 14 heavy (non-hydrogen) atoms. The van der Waals surface area contributed by atoms with Gasteiger partial charge in [-0.05, 0) is 37.9 Å². The summed E-state index contributed by atoms with van der Waals surface area (Å²) in [5.74, 6) is 0. The minimum Gasteiger partial charge on any atom is -0.391 e. The molecular formula is C12H17NO. The summed E-state index contributed by atoms with van der Waals surface area (Å²) in [5, 5.41) is 13.1. The van der Waals surface area contributed by atoms with E-state index in [4.69, 9.17) is 0 Å². The summed E-state index contributed by atoms with van der Waals surface area (Å²) in [4.78, 5) is 0. The molecule has 1 fully saturated rings. The van der Waals surface area contributed by atoms with Crippen molar-refractivity contribution in [1.29, 1.82) is 0 Å². The van der Waals surface area contributed by atoms with E-state index in [1.807, 2.05) is 0 Å². The van der Waals surface area contributed by atoms with Crippen molar-refractivity contribution >= 4 is 0 Å². The number of benzene rings is 1. The standard InChI is InChI=1S/C12H17NO/c1-8-3-4-9(2)10(7-8)12-11(14)5-6-13-12/h3-4,7,11-14H,5-6H2,1-2H3. The van der Waals surface area contributed by atoms with Gasteiger partial charge in [0.2, 0.25) is 0 Å². The summed E-state index contributed by atoms with van der Waals surface area (Å²) >= 11 is 0. The van der Waals surface area contributed by atoms with E-state index in [0.29, 0.717) is 0 Å². The predicted molar refractivity (Wildman–Crippen MR) is 57.3 cm³/mol. The lowest BCUT2D eigenvalue weighted by molar-refractivity contribution is 0.160. The number of nitrogens with one attached hydrogen (secondary N) is 1. The van der Waals surface area contributed by atoms with Crippen LogP contribution in [0.25, 0.3) is 0 Å². The molecule has 1 heterocycles. The SMILES string of the molecule is Cc1ccc(C)c(C2NCCC2O)c1. The largest absolute Gasteiger partial charge is 0.391 e. The topological polar surface area (TPSA) is 32.3 Å². The average Bonchev–Trinajstić information content (AvgIpc) is 2.56. The van der Waals surface area contributed by atoms with Gasteiger partial charge in [0, 0.05) is 0 Å². The number of rotatable bonds is 1. The van der Waals surface area contributed by atoms with E-state index >= 15 is 0 Å². The molecule has 2 heteroatoms. The molecule has 2 rings (SSSR count). The van der Waals surface area contributed by atoms with E-state index in [2.05, 4.69) is 37.4 Å². The maximum atomic E-state index is 9.80. The van der Waals surface area contributed by atoms with Gasteiger partial charge in [-0.3, -0.25) is 0 Å². The van der Waals surface area contributed by atoms with Gasteiger partial charge in [0.15, 0.2) is 0 Å². The molecule has 1 aliphatic heterocycles. The van der Waals surface area contributed by atoms with E-state index in [1.165, 1.54) is 16.7 Å². The second-order valence-electron chi connectivity index (χ2n) is 4.15. The second kappa shape index (κ2) is 3.71. The molecule has 76 valence electrons. The Morgan fingerprint density at radius 2 is 2.14 bits per heavy atom. The number of hydrogen-bond acceptors (Lipinski definition) is 2. The summed E-state index contributed by atoms with van der Waals surface area (Å²) < 4.78 is 0. The van der Waals surface area contributed by atoms with Gasteiger partial charge in [0.25, 0.3) is 0 Å². The van der Waals surface area contributed by atoms with Crippen molar-refractivity contribution in [2.24, 2.45) is 0 Å². The molecule has 1 aliphatic rings. The molecule has 2 unspecified atom stereocenters. The highest BCUT2D eigenvalue weighted by Gasteiger charge is 2.26. The van der Waals surface area contributed by atoms with Gasteiger partial charge in [-0.2, -0.15) is 0 Å². The summed E-state index contributed by atoms with van der Waals surface area (Å²) in [7, 11) is 0. The van der Waals surface area contributed by atoms with Crippen LogP contribution in [0.1, 0.15) is 29.2 Å². The number of aliphatic hydroxyl groups is 1. The van der Waals surface area contributed by atoms with Crippen LogP contribution in [0.3, 0.4) is 0 Å². The third kappa shape index (κ3) is 1.68. The van der Waals surface area contributed by atoms with E-state index in [-0.39, 0.29) is 12.1 Å². The zero-order chi connectivity index (χ0) is 10.1. The Labute approximate surface area is 85.0 Å². The quantitative estimate of drug-likeness (QED) is 0.708. The Balaban J connectivity index is 2.34. The van der Waals surface area contributed by atoms with Crippen LogP contribution >= 0.6 is 0 Å². The van der Waals surface area contributed by atoms with E-state index < -0.39 is 0 Å². The smallest absolute Gasteiger partial charge is 0.0747 e. The molecule has 0 radical (unpaired) electrons. The first-order valence-corrected chi connectivity index (χ1v) is 5.17. The molecule has 0 spiro atoms. The third-order valence-corrected chi connectivity index (χ3v) is 2.96. The zero-order valence-corrected chi connectivity index (χ0v) is 8.75. The Hall–Kier alpha value is -0.860. The van der Waals surface area contributed by atoms with Crippen molar-refractivity contribution in [1.82, 2.24) is 5.32 Å². The molecule has 2 N–H and O–H groups in total. The first kappa shape index (κ1) is 9.69. The maximum Gasteiger partial charge on any atom is 0.0747 e. The number of hydrogen-bond donors (Lipinski definition) is 2. The fourth-order valence-corrected chi connectivity index (χ4v) is 2.10. The third-order valence-electron chi connectivity index (χ3n) is 2.96. The summed E-state index contributed by atoms with van der Waals surface area (Å²) in [5.41, 5.74) is 3.76. The van der Waals surface area contributed by atoms with Gasteiger partial charge < -0.3 is 10.4 Å². The highest BCUT2D eigenvalue weighted by Crippen LogP contribution is 2.26. The van der Waals surface area contributed by atoms with Crippen LogP contribution in [-0.4, -0.2) is 17.8 Å². The minimum atomic E-state index is -0.226. The van der Waals surface area contributed by atoms with Crippen LogP contribution in [0.5, 0.6) is 0 Å². The lowest BCUT2D eigenvalue weighted by Gasteiger charge is -2.18. The van der Waals surface area contributed by atoms with Gasteiger partial charge in [-0.15, -0.1) is 0 Å². The summed E-state index contributed by atoms with van der Waals surface area (Å²) in [6, 6.07) is 6.54. The van der Waals surface area contributed by atoms with Crippen molar-refractivity contribution in [2.45, 2.75) is 32.4 Å². The Bertz CT molecular complexity index is 335. The Kier molecular flexibility index (Phi) is 2.57. The normalized spacial score (nSPS) is 26.8. The average molecular weight is 191 g/mol. The molecule has 1 aromatic rings. The van der Waals surface area contributed by atoms with Crippen LogP contribution in [0.2, 0.25) is 0 Å². The highest BCUT2D eigenvalue weighted by molar-refractivity contribution is 5.34. The van der Waals surface area contributed by atoms with Gasteiger partial charge in [0.05, 0.1) is 12.1 Å². The van der Waals surface area contributed by atoms with Crippen molar-refractivity contribution in [2.75, 3.05) is 6.54 Å². The lowest BCUT2D eigenvalue weighted by atomic mass is 9.96. The predicted octanol–water partition coefficient (Wildman–Crippen LogP) is 1.70. The van der Waals surface area contributed by atoms with Gasteiger partial charge in [-0.1, -0.05) is 23.8 Å². The molecule has 1 saturated heterocycles. The second-order valence-corrected chi connectivity index (χ2v) is 4.15. The van der Waals surface area contributed by atoms with E-state index in [9.17, 15) is 5.11 Å². The Morgan fingerprint density at radius 1 is 1.36 bits per heavy atom. The molecule has 2 atom stereocenters. The van der Waals surface area contributed by atoms with Crippen LogP contribution in [-0.2, 0) is 0 Å². The molecule has 1 aromatic carbocycles. The fourth-order valence-electron chi connectivity index (χ4n) is 2.10. The fraction of sp³-hybridized carbons (Fsp3) is 0.500. The van der Waals surface area contributed by atoms with Crippen LogP contribution in [0, 0.1) is 13.8 Å². The maximum absolute atomic E-state index is 9.80. The van der Waals surface area contributed by atoms with Crippen LogP contribution in [0.4, 0.5) is 0 Å². The van der Waals surface area contributed by atoms with Crippen molar-refractivity contribution < 1.29 is 5.11 Å². The molecule has 0 saturated carbocycles. The molecule has 2 nitrogen and oxygen atoms in total. The monoisotopic (exact) mass is 191 g/mol. The van der Waals surface area contributed by atoms with E-state index in [0.717, 1.165) is 13.0 Å². The van der Waals surface area contributed by atoms with Crippen molar-refractivity contribution in [3.8, 4) is 0 Å². The molecule has 0 aromatic heterocycles. The lowest BCUT2D eigenvalue weighted by Crippen LogP contribution is -2.21. The molecule has 0 bridgehead atoms. The molecule has 0 aliphatic carbocycles. The van der Waals surface area contributed by atoms with Gasteiger partial charge >= 0.3 is 0 Å². The number of aliphatic hydroxyl groups excluding tert-OH is 1. The first-order chi connectivity index (χ1) is 6.68. The number of aryl methyl sites for hydroxylation is 2. The van der Waals surface area contributed by atoms with Crippen LogP contribution in [0.15, 0.2) is 18.2 Å². The summed E-state index contributed by atoms with van der Waals surface area (Å²) in [6.07, 6.45) is 0.633.